The van der Waals surface area contributed by atoms with E-state index in [0.29, 0.717) is 11.5 Å². The van der Waals surface area contributed by atoms with Crippen molar-refractivity contribution in [2.75, 3.05) is 5.32 Å². The van der Waals surface area contributed by atoms with Crippen LogP contribution in [0.4, 0.5) is 11.5 Å². The van der Waals surface area contributed by atoms with Gasteiger partial charge in [0.2, 0.25) is 0 Å². The van der Waals surface area contributed by atoms with Gasteiger partial charge >= 0.3 is 0 Å². The summed E-state index contributed by atoms with van der Waals surface area (Å²) in [5.74, 6) is -0.694. The second-order valence-electron chi connectivity index (χ2n) is 3.05. The average Bonchev–Trinajstić information content (AvgIpc) is 2.31. The smallest absolute Gasteiger partial charge is 0.133 e. The molecule has 5 nitrogen and oxygen atoms in total. The standard InChI is InChI=1S/C11H9N3O2/c15-11(16)8-3-1-2-4-9(8)14-10-5-6-12-7-13-10/h1-7H,(H,15,16)(H,12,13,14)/p-1. The Hall–Kier alpha value is -2.43. The number of para-hydroxylation sites is 1. The topological polar surface area (TPSA) is 77.9 Å². The molecule has 0 bridgehead atoms. The molecular weight excluding hydrogens is 206 g/mol. The summed E-state index contributed by atoms with van der Waals surface area (Å²) < 4.78 is 0. The number of hydrogen-bond acceptors (Lipinski definition) is 5. The van der Waals surface area contributed by atoms with E-state index in [0.717, 1.165) is 0 Å². The Morgan fingerprint density at radius 3 is 2.75 bits per heavy atom. The van der Waals surface area contributed by atoms with E-state index in [1.807, 2.05) is 0 Å². The Balaban J connectivity index is 2.31. The molecule has 0 aliphatic rings. The van der Waals surface area contributed by atoms with Crippen LogP contribution in [0.3, 0.4) is 0 Å². The van der Waals surface area contributed by atoms with E-state index in [1.165, 1.54) is 12.4 Å². The Labute approximate surface area is 91.8 Å². The van der Waals surface area contributed by atoms with Crippen molar-refractivity contribution in [2.45, 2.75) is 0 Å². The summed E-state index contributed by atoms with van der Waals surface area (Å²) in [5.41, 5.74) is 0.544. The summed E-state index contributed by atoms with van der Waals surface area (Å²) in [4.78, 5) is 18.5. The Morgan fingerprint density at radius 2 is 2.06 bits per heavy atom. The van der Waals surface area contributed by atoms with E-state index in [4.69, 9.17) is 0 Å². The molecule has 5 heteroatoms. The molecule has 1 heterocycles. The molecule has 0 aliphatic heterocycles. The Morgan fingerprint density at radius 1 is 1.25 bits per heavy atom. The molecule has 0 radical (unpaired) electrons. The lowest BCUT2D eigenvalue weighted by molar-refractivity contribution is -0.254. The van der Waals surface area contributed by atoms with Crippen molar-refractivity contribution >= 4 is 17.5 Å². The van der Waals surface area contributed by atoms with Gasteiger partial charge in [0.25, 0.3) is 0 Å². The molecule has 2 rings (SSSR count). The highest BCUT2D eigenvalue weighted by atomic mass is 16.4. The van der Waals surface area contributed by atoms with Gasteiger partial charge in [0.05, 0.1) is 5.97 Å². The van der Waals surface area contributed by atoms with E-state index >= 15 is 0 Å². The number of carbonyl (C=O) groups excluding carboxylic acids is 1. The van der Waals surface area contributed by atoms with Crippen LogP contribution in [0.25, 0.3) is 0 Å². The zero-order chi connectivity index (χ0) is 11.4. The highest BCUT2D eigenvalue weighted by molar-refractivity contribution is 5.93. The van der Waals surface area contributed by atoms with Gasteiger partial charge < -0.3 is 15.2 Å². The van der Waals surface area contributed by atoms with Gasteiger partial charge in [0.15, 0.2) is 0 Å². The third-order valence-electron chi connectivity index (χ3n) is 1.99. The zero-order valence-electron chi connectivity index (χ0n) is 8.25. The van der Waals surface area contributed by atoms with Gasteiger partial charge in [-0.15, -0.1) is 0 Å². The van der Waals surface area contributed by atoms with Crippen molar-refractivity contribution in [3.05, 3.63) is 48.4 Å². The molecular formula is C11H8N3O2-. The number of nitrogens with zero attached hydrogens (tertiary/aromatic N) is 2. The number of hydrogen-bond donors (Lipinski definition) is 1. The molecule has 0 unspecified atom stereocenters. The average molecular weight is 214 g/mol. The monoisotopic (exact) mass is 214 g/mol. The maximum Gasteiger partial charge on any atom is 0.133 e. The van der Waals surface area contributed by atoms with E-state index in [1.54, 1.807) is 30.5 Å². The highest BCUT2D eigenvalue weighted by Crippen LogP contribution is 2.18. The molecule has 0 fully saturated rings. The van der Waals surface area contributed by atoms with Crippen LogP contribution in [0, 0.1) is 0 Å². The van der Waals surface area contributed by atoms with Crippen molar-refractivity contribution in [2.24, 2.45) is 0 Å². The van der Waals surface area contributed by atoms with Crippen molar-refractivity contribution in [3.8, 4) is 0 Å². The second kappa shape index (κ2) is 4.39. The van der Waals surface area contributed by atoms with Gasteiger partial charge in [-0.25, -0.2) is 9.97 Å². The molecule has 0 saturated heterocycles. The van der Waals surface area contributed by atoms with Crippen LogP contribution in [0.5, 0.6) is 0 Å². The summed E-state index contributed by atoms with van der Waals surface area (Å²) in [6.07, 6.45) is 2.95. The lowest BCUT2D eigenvalue weighted by Crippen LogP contribution is -2.23. The fraction of sp³-hybridized carbons (Fsp3) is 0. The Kier molecular flexibility index (Phi) is 2.77. The molecule has 1 aromatic carbocycles. The normalized spacial score (nSPS) is 9.75. The highest BCUT2D eigenvalue weighted by Gasteiger charge is 2.02. The van der Waals surface area contributed by atoms with E-state index in [2.05, 4.69) is 15.3 Å². The lowest BCUT2D eigenvalue weighted by Gasteiger charge is -2.11. The number of rotatable bonds is 3. The molecule has 0 aliphatic carbocycles. The number of anilines is 2. The van der Waals surface area contributed by atoms with Crippen LogP contribution in [0.15, 0.2) is 42.9 Å². The fourth-order valence-electron chi connectivity index (χ4n) is 1.27. The van der Waals surface area contributed by atoms with Gasteiger partial charge in [0, 0.05) is 17.4 Å². The first-order chi connectivity index (χ1) is 7.77. The lowest BCUT2D eigenvalue weighted by atomic mass is 10.2. The molecule has 0 spiro atoms. The quantitative estimate of drug-likeness (QED) is 0.808. The molecule has 0 amide bonds. The van der Waals surface area contributed by atoms with Gasteiger partial charge in [0.1, 0.15) is 12.1 Å². The molecule has 16 heavy (non-hydrogen) atoms. The third-order valence-corrected chi connectivity index (χ3v) is 1.99. The van der Waals surface area contributed by atoms with Crippen molar-refractivity contribution in [3.63, 3.8) is 0 Å². The van der Waals surface area contributed by atoms with Gasteiger partial charge in [-0.2, -0.15) is 0 Å². The molecule has 1 aromatic heterocycles. The number of aromatic carboxylic acids is 1. The van der Waals surface area contributed by atoms with Crippen molar-refractivity contribution in [1.82, 2.24) is 9.97 Å². The first-order valence-corrected chi connectivity index (χ1v) is 4.61. The molecule has 2 aromatic rings. The molecule has 0 atom stereocenters. The van der Waals surface area contributed by atoms with Crippen LogP contribution in [-0.4, -0.2) is 15.9 Å². The van der Waals surface area contributed by atoms with Crippen LogP contribution in [0.2, 0.25) is 0 Å². The maximum atomic E-state index is 10.8. The molecule has 0 saturated carbocycles. The Bertz CT molecular complexity index is 500. The summed E-state index contributed by atoms with van der Waals surface area (Å²) in [6.45, 7) is 0. The zero-order valence-corrected chi connectivity index (χ0v) is 8.25. The van der Waals surface area contributed by atoms with Crippen LogP contribution >= 0.6 is 0 Å². The van der Waals surface area contributed by atoms with Gasteiger partial charge in [-0.1, -0.05) is 18.2 Å². The number of aromatic nitrogens is 2. The first-order valence-electron chi connectivity index (χ1n) is 4.61. The second-order valence-corrected chi connectivity index (χ2v) is 3.05. The number of nitrogens with one attached hydrogen (secondary N) is 1. The summed E-state index contributed by atoms with van der Waals surface area (Å²) >= 11 is 0. The van der Waals surface area contributed by atoms with E-state index < -0.39 is 5.97 Å². The molecule has 1 N–H and O–H groups in total. The fourth-order valence-corrected chi connectivity index (χ4v) is 1.27. The number of carboxylic acid groups (broad SMARTS) is 1. The minimum Gasteiger partial charge on any atom is -0.545 e. The summed E-state index contributed by atoms with van der Waals surface area (Å²) in [7, 11) is 0. The van der Waals surface area contributed by atoms with Crippen LogP contribution in [0.1, 0.15) is 10.4 Å². The maximum absolute atomic E-state index is 10.8. The predicted octanol–water partition coefficient (Wildman–Crippen LogP) is 0.584. The summed E-state index contributed by atoms with van der Waals surface area (Å²) in [5, 5.41) is 13.7. The molecule has 80 valence electrons. The van der Waals surface area contributed by atoms with Crippen molar-refractivity contribution < 1.29 is 9.90 Å². The van der Waals surface area contributed by atoms with E-state index in [9.17, 15) is 9.90 Å². The van der Waals surface area contributed by atoms with Gasteiger partial charge in [-0.3, -0.25) is 0 Å². The number of benzene rings is 1. The SMILES string of the molecule is O=C([O-])c1ccccc1Nc1ccncn1. The largest absolute Gasteiger partial charge is 0.545 e. The first kappa shape index (κ1) is 10.1. The minimum absolute atomic E-state index is 0.0983. The third kappa shape index (κ3) is 2.14. The van der Waals surface area contributed by atoms with E-state index in [-0.39, 0.29) is 5.56 Å². The van der Waals surface area contributed by atoms with Gasteiger partial charge in [-0.05, 0) is 12.1 Å². The minimum atomic E-state index is -1.22. The van der Waals surface area contributed by atoms with Crippen LogP contribution < -0.4 is 10.4 Å². The number of carboxylic acids is 1. The predicted molar refractivity (Wildman–Crippen MR) is 56.1 cm³/mol. The number of carbonyl (C=O) groups is 1. The van der Waals surface area contributed by atoms with Crippen LogP contribution in [-0.2, 0) is 0 Å². The van der Waals surface area contributed by atoms with Crippen molar-refractivity contribution in [1.29, 1.82) is 0 Å². The summed E-state index contributed by atoms with van der Waals surface area (Å²) in [6, 6.07) is 8.13.